The fraction of sp³-hybridized carbons (Fsp3) is 0.158. The number of aromatic nitrogens is 1. The monoisotopic (exact) mass is 322 g/mol. The molecule has 1 N–H and O–H groups in total. The zero-order valence-corrected chi connectivity index (χ0v) is 13.5. The average molecular weight is 322 g/mol. The first kappa shape index (κ1) is 15.8. The molecular formula is C19H18N2O3. The number of ether oxygens (including phenoxy) is 1. The van der Waals surface area contributed by atoms with Gasteiger partial charge >= 0.3 is 6.09 Å². The maximum atomic E-state index is 12.2. The van der Waals surface area contributed by atoms with Gasteiger partial charge in [0, 0.05) is 25.0 Å². The molecule has 1 heterocycles. The van der Waals surface area contributed by atoms with Crippen LogP contribution in [0.1, 0.15) is 17.2 Å². The Balaban J connectivity index is 2.19. The molecule has 5 heteroatoms. The highest BCUT2D eigenvalue weighted by Gasteiger charge is 2.25. The highest BCUT2D eigenvalue weighted by molar-refractivity contribution is 5.85. The smallest absolute Gasteiger partial charge is 0.410 e. The number of aromatic hydroxyl groups is 1. The molecule has 0 bridgehead atoms. The fourth-order valence-corrected chi connectivity index (χ4v) is 2.56. The molecule has 0 saturated carbocycles. The Hall–Kier alpha value is -3.08. The minimum Gasteiger partial charge on any atom is -0.506 e. The summed E-state index contributed by atoms with van der Waals surface area (Å²) in [7, 11) is 3.24. The summed E-state index contributed by atoms with van der Waals surface area (Å²) in [5, 5.41) is 11.2. The van der Waals surface area contributed by atoms with Crippen LogP contribution in [0.5, 0.6) is 5.75 Å². The average Bonchev–Trinajstić information content (AvgIpc) is 2.60. The predicted octanol–water partition coefficient (Wildman–Crippen LogP) is 3.73. The number of carbonyl (C=O) groups is 1. The van der Waals surface area contributed by atoms with Gasteiger partial charge in [0.1, 0.15) is 5.75 Å². The predicted molar refractivity (Wildman–Crippen MR) is 91.9 cm³/mol. The normalized spacial score (nSPS) is 11.9. The third-order valence-corrected chi connectivity index (χ3v) is 3.74. The van der Waals surface area contributed by atoms with Crippen molar-refractivity contribution in [3.05, 3.63) is 71.9 Å². The third-order valence-electron chi connectivity index (χ3n) is 3.74. The molecule has 5 nitrogen and oxygen atoms in total. The van der Waals surface area contributed by atoms with Gasteiger partial charge in [0.05, 0.1) is 11.7 Å². The molecule has 0 saturated heterocycles. The number of para-hydroxylation sites is 1. The number of amides is 1. The number of hydrogen-bond donors (Lipinski definition) is 1. The molecule has 3 rings (SSSR count). The zero-order chi connectivity index (χ0) is 17.1. The van der Waals surface area contributed by atoms with Crippen LogP contribution >= 0.6 is 0 Å². The molecule has 0 fully saturated rings. The lowest BCUT2D eigenvalue weighted by Gasteiger charge is -2.23. The molecule has 1 unspecified atom stereocenters. The molecule has 122 valence electrons. The van der Waals surface area contributed by atoms with Gasteiger partial charge < -0.3 is 14.7 Å². The van der Waals surface area contributed by atoms with E-state index in [9.17, 15) is 9.90 Å². The number of pyridine rings is 1. The van der Waals surface area contributed by atoms with Gasteiger partial charge in [-0.05, 0) is 11.6 Å². The van der Waals surface area contributed by atoms with Crippen molar-refractivity contribution in [2.75, 3.05) is 14.1 Å². The summed E-state index contributed by atoms with van der Waals surface area (Å²) in [6, 6.07) is 16.8. The van der Waals surface area contributed by atoms with E-state index in [1.807, 2.05) is 54.6 Å². The van der Waals surface area contributed by atoms with Gasteiger partial charge in [0.2, 0.25) is 0 Å². The Morgan fingerprint density at radius 1 is 1.08 bits per heavy atom. The summed E-state index contributed by atoms with van der Waals surface area (Å²) >= 11 is 0. The van der Waals surface area contributed by atoms with Crippen molar-refractivity contribution < 1.29 is 14.6 Å². The van der Waals surface area contributed by atoms with Crippen LogP contribution in [0.25, 0.3) is 10.9 Å². The molecule has 0 aliphatic rings. The Morgan fingerprint density at radius 2 is 1.75 bits per heavy atom. The quantitative estimate of drug-likeness (QED) is 0.798. The van der Waals surface area contributed by atoms with Crippen molar-refractivity contribution in [1.29, 1.82) is 0 Å². The summed E-state index contributed by atoms with van der Waals surface area (Å²) < 4.78 is 5.67. The van der Waals surface area contributed by atoms with Gasteiger partial charge in [-0.25, -0.2) is 4.79 Å². The molecule has 0 aliphatic heterocycles. The lowest BCUT2D eigenvalue weighted by Crippen LogP contribution is -2.25. The molecular weight excluding hydrogens is 304 g/mol. The van der Waals surface area contributed by atoms with Crippen LogP contribution in [0.15, 0.2) is 60.8 Å². The van der Waals surface area contributed by atoms with Crippen LogP contribution in [0.4, 0.5) is 4.79 Å². The van der Waals surface area contributed by atoms with Gasteiger partial charge in [-0.3, -0.25) is 4.98 Å². The van der Waals surface area contributed by atoms with Crippen LogP contribution in [0.3, 0.4) is 0 Å². The van der Waals surface area contributed by atoms with Crippen LogP contribution in [-0.4, -0.2) is 35.2 Å². The second-order valence-corrected chi connectivity index (χ2v) is 5.64. The Kier molecular flexibility index (Phi) is 4.33. The standard InChI is InChI=1S/C19H18N2O3/c1-21(2)19(23)24-18(13-8-4-3-5-9-13)17-14-10-6-7-11-15(14)20-12-16(17)22/h3-12,18,22H,1-2H3. The van der Waals surface area contributed by atoms with Crippen LogP contribution in [-0.2, 0) is 4.74 Å². The van der Waals surface area contributed by atoms with E-state index in [0.29, 0.717) is 5.56 Å². The largest absolute Gasteiger partial charge is 0.506 e. The summed E-state index contributed by atoms with van der Waals surface area (Å²) in [5.41, 5.74) is 2.04. The van der Waals surface area contributed by atoms with E-state index in [-0.39, 0.29) is 5.75 Å². The second-order valence-electron chi connectivity index (χ2n) is 5.64. The van der Waals surface area contributed by atoms with E-state index in [0.717, 1.165) is 16.5 Å². The Morgan fingerprint density at radius 3 is 2.46 bits per heavy atom. The number of carbonyl (C=O) groups excluding carboxylic acids is 1. The van der Waals surface area contributed by atoms with E-state index in [1.165, 1.54) is 11.1 Å². The van der Waals surface area contributed by atoms with Gasteiger partial charge in [0.15, 0.2) is 6.10 Å². The van der Waals surface area contributed by atoms with Crippen molar-refractivity contribution in [2.45, 2.75) is 6.10 Å². The molecule has 1 aromatic heterocycles. The van der Waals surface area contributed by atoms with Crippen molar-refractivity contribution in [3.8, 4) is 5.75 Å². The lowest BCUT2D eigenvalue weighted by atomic mass is 9.97. The zero-order valence-electron chi connectivity index (χ0n) is 13.5. The second kappa shape index (κ2) is 6.58. The summed E-state index contributed by atoms with van der Waals surface area (Å²) in [4.78, 5) is 17.7. The minimum atomic E-state index is -0.728. The first-order valence-corrected chi connectivity index (χ1v) is 7.57. The van der Waals surface area contributed by atoms with Gasteiger partial charge in [-0.1, -0.05) is 48.5 Å². The van der Waals surface area contributed by atoms with E-state index in [4.69, 9.17) is 4.74 Å². The molecule has 3 aromatic rings. The SMILES string of the molecule is CN(C)C(=O)OC(c1ccccc1)c1c(O)cnc2ccccc12. The number of hydrogen-bond acceptors (Lipinski definition) is 4. The van der Waals surface area contributed by atoms with E-state index in [1.54, 1.807) is 14.1 Å². The van der Waals surface area contributed by atoms with Gasteiger partial charge in [-0.15, -0.1) is 0 Å². The minimum absolute atomic E-state index is 0.00545. The van der Waals surface area contributed by atoms with Crippen molar-refractivity contribution in [3.63, 3.8) is 0 Å². The maximum Gasteiger partial charge on any atom is 0.410 e. The number of fused-ring (bicyclic) bond motifs is 1. The van der Waals surface area contributed by atoms with Crippen LogP contribution in [0, 0.1) is 0 Å². The molecule has 0 aliphatic carbocycles. The first-order valence-electron chi connectivity index (χ1n) is 7.57. The fourth-order valence-electron chi connectivity index (χ4n) is 2.56. The van der Waals surface area contributed by atoms with E-state index in [2.05, 4.69) is 4.98 Å². The number of rotatable bonds is 3. The topological polar surface area (TPSA) is 62.7 Å². The van der Waals surface area contributed by atoms with Crippen LogP contribution in [0.2, 0.25) is 0 Å². The number of benzene rings is 2. The Labute approximate surface area is 140 Å². The molecule has 1 atom stereocenters. The molecule has 24 heavy (non-hydrogen) atoms. The van der Waals surface area contributed by atoms with Crippen molar-refractivity contribution >= 4 is 17.0 Å². The summed E-state index contributed by atoms with van der Waals surface area (Å²) in [6.45, 7) is 0. The van der Waals surface area contributed by atoms with Gasteiger partial charge in [-0.2, -0.15) is 0 Å². The van der Waals surface area contributed by atoms with Crippen LogP contribution < -0.4 is 0 Å². The Bertz CT molecular complexity index is 863. The molecule has 0 spiro atoms. The maximum absolute atomic E-state index is 12.2. The molecule has 1 amide bonds. The highest BCUT2D eigenvalue weighted by Crippen LogP contribution is 2.37. The van der Waals surface area contributed by atoms with Crippen molar-refractivity contribution in [1.82, 2.24) is 9.88 Å². The lowest BCUT2D eigenvalue weighted by molar-refractivity contribution is 0.0906. The summed E-state index contributed by atoms with van der Waals surface area (Å²) in [5.74, 6) is -0.00545. The highest BCUT2D eigenvalue weighted by atomic mass is 16.6. The van der Waals surface area contributed by atoms with Crippen molar-refractivity contribution in [2.24, 2.45) is 0 Å². The first-order chi connectivity index (χ1) is 11.6. The van der Waals surface area contributed by atoms with Gasteiger partial charge in [0.25, 0.3) is 0 Å². The summed E-state index contributed by atoms with van der Waals surface area (Å²) in [6.07, 6.45) is 0.176. The molecule has 0 radical (unpaired) electrons. The van der Waals surface area contributed by atoms with E-state index < -0.39 is 12.2 Å². The third kappa shape index (κ3) is 3.01. The van der Waals surface area contributed by atoms with E-state index >= 15 is 0 Å². The number of nitrogens with zero attached hydrogens (tertiary/aromatic N) is 2. The molecule has 2 aromatic carbocycles.